The zero-order valence-electron chi connectivity index (χ0n) is 9.44. The van der Waals surface area contributed by atoms with E-state index >= 15 is 0 Å². The lowest BCUT2D eigenvalue weighted by Gasteiger charge is -2.16. The Morgan fingerprint density at radius 2 is 1.84 bits per heavy atom. The molecule has 2 aliphatic heterocycles. The molecule has 19 heavy (non-hydrogen) atoms. The van der Waals surface area contributed by atoms with E-state index in [1.165, 1.54) is 0 Å². The van der Waals surface area contributed by atoms with E-state index in [-0.39, 0.29) is 5.06 Å². The summed E-state index contributed by atoms with van der Waals surface area (Å²) >= 11 is 0. The highest BCUT2D eigenvalue weighted by atomic mass is 16.7. The molecule has 2 aliphatic rings. The molecule has 1 N–H and O–H groups in total. The highest BCUT2D eigenvalue weighted by Crippen LogP contribution is 2.13. The van der Waals surface area contributed by atoms with Crippen LogP contribution >= 0.6 is 0 Å². The Morgan fingerprint density at radius 1 is 1.26 bits per heavy atom. The second-order valence-corrected chi connectivity index (χ2v) is 3.81. The molecule has 0 spiro atoms. The molecule has 0 aromatic carbocycles. The predicted octanol–water partition coefficient (Wildman–Crippen LogP) is -2.51. The maximum Gasteiger partial charge on any atom is 0.352 e. The van der Waals surface area contributed by atoms with Gasteiger partial charge in [0.2, 0.25) is 0 Å². The molecule has 0 aliphatic carbocycles. The molecule has 2 rings (SSSR count). The van der Waals surface area contributed by atoms with Gasteiger partial charge in [0.25, 0.3) is 23.6 Å². The highest BCUT2D eigenvalue weighted by Gasteiger charge is 2.41. The highest BCUT2D eigenvalue weighted by molar-refractivity contribution is 6.14. The van der Waals surface area contributed by atoms with Crippen molar-refractivity contribution in [3.63, 3.8) is 0 Å². The number of aliphatic hydroxyl groups excluding tert-OH is 1. The van der Waals surface area contributed by atoms with Crippen LogP contribution in [0.4, 0.5) is 0 Å². The third-order valence-electron chi connectivity index (χ3n) is 2.46. The van der Waals surface area contributed by atoms with Crippen molar-refractivity contribution < 1.29 is 33.9 Å². The number of nitrogens with zero attached hydrogens (tertiary/aromatic N) is 2. The lowest BCUT2D eigenvalue weighted by molar-refractivity contribution is -0.199. The maximum absolute atomic E-state index is 11.4. The first kappa shape index (κ1) is 12.9. The number of imide groups is 2. The van der Waals surface area contributed by atoms with Gasteiger partial charge in [-0.3, -0.25) is 24.1 Å². The summed E-state index contributed by atoms with van der Waals surface area (Å²) in [6, 6.07) is 0. The van der Waals surface area contributed by atoms with Crippen molar-refractivity contribution >= 4 is 29.6 Å². The Hall–Kier alpha value is -2.55. The van der Waals surface area contributed by atoms with Gasteiger partial charge in [0.15, 0.2) is 0 Å². The lowest BCUT2D eigenvalue weighted by atomic mass is 10.3. The van der Waals surface area contributed by atoms with Gasteiger partial charge >= 0.3 is 5.97 Å². The van der Waals surface area contributed by atoms with Crippen LogP contribution in [0, 0.1) is 0 Å². The fraction of sp³-hybridized carbons (Fsp3) is 0.300. The summed E-state index contributed by atoms with van der Waals surface area (Å²) in [5.41, 5.74) is 0. The minimum atomic E-state index is -1.54. The van der Waals surface area contributed by atoms with E-state index in [4.69, 9.17) is 5.11 Å². The number of carbonyl (C=O) groups excluding carboxylic acids is 5. The van der Waals surface area contributed by atoms with E-state index in [1.54, 1.807) is 0 Å². The van der Waals surface area contributed by atoms with Gasteiger partial charge < -0.3 is 9.94 Å². The average molecular weight is 268 g/mol. The first-order chi connectivity index (χ1) is 8.90. The molecule has 0 aromatic heterocycles. The molecule has 1 fully saturated rings. The Balaban J connectivity index is 1.95. The lowest BCUT2D eigenvalue weighted by Crippen LogP contribution is -2.41. The molecular weight excluding hydrogens is 260 g/mol. The molecule has 0 saturated carbocycles. The van der Waals surface area contributed by atoms with Gasteiger partial charge in [0.05, 0.1) is 6.42 Å². The Bertz CT molecular complexity index is 506. The van der Waals surface area contributed by atoms with Crippen molar-refractivity contribution in [3.8, 4) is 0 Å². The molecule has 100 valence electrons. The van der Waals surface area contributed by atoms with E-state index < -0.39 is 48.7 Å². The van der Waals surface area contributed by atoms with Gasteiger partial charge in [-0.1, -0.05) is 5.06 Å². The minimum absolute atomic E-state index is 0.130. The third kappa shape index (κ3) is 2.36. The van der Waals surface area contributed by atoms with Gasteiger partial charge in [0.1, 0.15) is 12.6 Å². The van der Waals surface area contributed by atoms with Crippen LogP contribution in [0.1, 0.15) is 6.42 Å². The number of hydroxylamine groups is 2. The molecule has 4 amide bonds. The smallest absolute Gasteiger partial charge is 0.352 e. The first-order valence-electron chi connectivity index (χ1n) is 5.19. The Labute approximate surface area is 106 Å². The number of hydrogen-bond acceptors (Lipinski definition) is 7. The van der Waals surface area contributed by atoms with Crippen LogP contribution in [0.2, 0.25) is 0 Å². The molecule has 1 atom stereocenters. The molecule has 2 heterocycles. The predicted molar refractivity (Wildman–Crippen MR) is 54.4 cm³/mol. The van der Waals surface area contributed by atoms with E-state index in [9.17, 15) is 24.0 Å². The number of amides is 4. The van der Waals surface area contributed by atoms with Crippen molar-refractivity contribution in [3.05, 3.63) is 12.2 Å². The quantitative estimate of drug-likeness (QED) is 0.561. The van der Waals surface area contributed by atoms with Crippen LogP contribution in [0.3, 0.4) is 0 Å². The summed E-state index contributed by atoms with van der Waals surface area (Å²) in [7, 11) is 0. The monoisotopic (exact) mass is 268 g/mol. The van der Waals surface area contributed by atoms with Crippen molar-refractivity contribution in [1.29, 1.82) is 0 Å². The number of hydrogen-bond donors (Lipinski definition) is 1. The second kappa shape index (κ2) is 4.61. The second-order valence-electron chi connectivity index (χ2n) is 3.81. The van der Waals surface area contributed by atoms with Gasteiger partial charge in [0, 0.05) is 12.2 Å². The molecule has 9 nitrogen and oxygen atoms in total. The van der Waals surface area contributed by atoms with Crippen LogP contribution in [0.15, 0.2) is 12.2 Å². The molecule has 9 heteroatoms. The fourth-order valence-corrected chi connectivity index (χ4v) is 1.54. The van der Waals surface area contributed by atoms with Crippen LogP contribution in [0.5, 0.6) is 0 Å². The van der Waals surface area contributed by atoms with Gasteiger partial charge in [-0.05, 0) is 0 Å². The number of carbonyl (C=O) groups is 5. The Kier molecular flexibility index (Phi) is 3.13. The molecule has 0 radical (unpaired) electrons. The molecular formula is C10H8N2O7. The molecule has 0 bridgehead atoms. The third-order valence-corrected chi connectivity index (χ3v) is 2.46. The SMILES string of the molecule is O=C(CN1C(=O)C=CC1=O)ON1C(=O)CC(O)C1=O. The summed E-state index contributed by atoms with van der Waals surface area (Å²) in [4.78, 5) is 61.2. The number of aliphatic hydroxyl groups is 1. The Morgan fingerprint density at radius 3 is 2.32 bits per heavy atom. The van der Waals surface area contributed by atoms with Gasteiger partial charge in [-0.25, -0.2) is 4.79 Å². The topological polar surface area (TPSA) is 121 Å². The normalized spacial score (nSPS) is 22.7. The first-order valence-corrected chi connectivity index (χ1v) is 5.19. The molecule has 1 saturated heterocycles. The molecule has 1 unspecified atom stereocenters. The van der Waals surface area contributed by atoms with E-state index in [1.807, 2.05) is 0 Å². The van der Waals surface area contributed by atoms with Gasteiger partial charge in [-0.2, -0.15) is 0 Å². The zero-order chi connectivity index (χ0) is 14.2. The van der Waals surface area contributed by atoms with E-state index in [2.05, 4.69) is 4.84 Å². The summed E-state index contributed by atoms with van der Waals surface area (Å²) < 4.78 is 0. The van der Waals surface area contributed by atoms with Crippen LogP contribution in [-0.2, 0) is 28.8 Å². The van der Waals surface area contributed by atoms with Crippen molar-refractivity contribution in [2.24, 2.45) is 0 Å². The van der Waals surface area contributed by atoms with Crippen LogP contribution in [0.25, 0.3) is 0 Å². The average Bonchev–Trinajstić information content (AvgIpc) is 2.77. The van der Waals surface area contributed by atoms with Gasteiger partial charge in [-0.15, -0.1) is 0 Å². The summed E-state index contributed by atoms with van der Waals surface area (Å²) in [5, 5.41) is 9.22. The van der Waals surface area contributed by atoms with Crippen LogP contribution < -0.4 is 0 Å². The van der Waals surface area contributed by atoms with Crippen LogP contribution in [-0.4, -0.2) is 57.3 Å². The number of rotatable bonds is 3. The molecule has 0 aromatic rings. The maximum atomic E-state index is 11.4. The standard InChI is InChI=1S/C10H8N2O7/c13-5-3-8(16)12(10(5)18)19-9(17)4-11-6(14)1-2-7(11)15/h1-2,5,13H,3-4H2. The van der Waals surface area contributed by atoms with E-state index in [0.29, 0.717) is 4.90 Å². The van der Waals surface area contributed by atoms with Crippen molar-refractivity contribution in [1.82, 2.24) is 9.96 Å². The fourth-order valence-electron chi connectivity index (χ4n) is 1.54. The summed E-state index contributed by atoms with van der Waals surface area (Å²) in [6.45, 7) is -0.724. The summed E-state index contributed by atoms with van der Waals surface area (Å²) in [6.07, 6.45) is -0.0660. The summed E-state index contributed by atoms with van der Waals surface area (Å²) in [5.74, 6) is -4.46. The minimum Gasteiger partial charge on any atom is -0.383 e. The van der Waals surface area contributed by atoms with Crippen molar-refractivity contribution in [2.45, 2.75) is 12.5 Å². The largest absolute Gasteiger partial charge is 0.383 e. The van der Waals surface area contributed by atoms with E-state index in [0.717, 1.165) is 12.2 Å². The van der Waals surface area contributed by atoms with Crippen molar-refractivity contribution in [2.75, 3.05) is 6.54 Å². The zero-order valence-corrected chi connectivity index (χ0v) is 9.44.